The topological polar surface area (TPSA) is 51.0 Å². The minimum Gasteiger partial charge on any atom is -0.339 e. The Hall–Kier alpha value is -1.33. The minimum absolute atomic E-state index is 0.467. The molecule has 0 aliphatic heterocycles. The molecular formula is C14H19N3OS. The van der Waals surface area contributed by atoms with Gasteiger partial charge >= 0.3 is 0 Å². The van der Waals surface area contributed by atoms with E-state index < -0.39 is 0 Å². The van der Waals surface area contributed by atoms with Gasteiger partial charge < -0.3 is 9.84 Å². The lowest BCUT2D eigenvalue weighted by Gasteiger charge is -2.06. The number of benzene rings is 1. The molecule has 0 radical (unpaired) electrons. The van der Waals surface area contributed by atoms with Gasteiger partial charge in [0.2, 0.25) is 5.89 Å². The van der Waals surface area contributed by atoms with E-state index in [1.807, 2.05) is 25.2 Å². The summed E-state index contributed by atoms with van der Waals surface area (Å²) >= 11 is 1.72. The van der Waals surface area contributed by atoms with Gasteiger partial charge in [0.15, 0.2) is 5.82 Å². The van der Waals surface area contributed by atoms with Crippen molar-refractivity contribution in [2.24, 2.45) is 0 Å². The molecule has 0 spiro atoms. The molecule has 0 aliphatic carbocycles. The lowest BCUT2D eigenvalue weighted by atomic mass is 10.2. The van der Waals surface area contributed by atoms with Crippen LogP contribution < -0.4 is 5.32 Å². The van der Waals surface area contributed by atoms with Gasteiger partial charge in [0.25, 0.3) is 0 Å². The number of thioether (sulfide) groups is 1. The number of aromatic nitrogens is 2. The first kappa shape index (κ1) is 14.1. The number of hydrogen-bond acceptors (Lipinski definition) is 5. The lowest BCUT2D eigenvalue weighted by Crippen LogP contribution is -2.21. The molecule has 2 rings (SSSR count). The van der Waals surface area contributed by atoms with Crippen molar-refractivity contribution in [3.8, 4) is 0 Å². The molecule has 0 saturated carbocycles. The SMILES string of the molecule is CNC(C)CCc1nc(CSc2ccccc2)no1. The zero-order valence-electron chi connectivity index (χ0n) is 11.3. The fourth-order valence-corrected chi connectivity index (χ4v) is 2.36. The molecule has 102 valence electrons. The van der Waals surface area contributed by atoms with E-state index in [4.69, 9.17) is 4.52 Å². The summed E-state index contributed by atoms with van der Waals surface area (Å²) in [6.07, 6.45) is 1.83. The summed E-state index contributed by atoms with van der Waals surface area (Å²) < 4.78 is 5.25. The summed E-state index contributed by atoms with van der Waals surface area (Å²) in [5.74, 6) is 2.24. The Kier molecular flexibility index (Phi) is 5.42. The summed E-state index contributed by atoms with van der Waals surface area (Å²) in [6.45, 7) is 2.14. The Bertz CT molecular complexity index is 486. The first-order valence-electron chi connectivity index (χ1n) is 6.44. The molecule has 4 nitrogen and oxygen atoms in total. The van der Waals surface area contributed by atoms with Gasteiger partial charge in [-0.25, -0.2) is 0 Å². The monoisotopic (exact) mass is 277 g/mol. The first-order chi connectivity index (χ1) is 9.28. The molecule has 0 saturated heterocycles. The van der Waals surface area contributed by atoms with E-state index in [1.54, 1.807) is 11.8 Å². The fourth-order valence-electron chi connectivity index (χ4n) is 1.60. The van der Waals surface area contributed by atoms with Crippen molar-refractivity contribution in [2.75, 3.05) is 7.05 Å². The van der Waals surface area contributed by atoms with Gasteiger partial charge in [-0.15, -0.1) is 11.8 Å². The first-order valence-corrected chi connectivity index (χ1v) is 7.43. The predicted octanol–water partition coefficient (Wildman–Crippen LogP) is 2.90. The Morgan fingerprint density at radius 3 is 2.84 bits per heavy atom. The van der Waals surface area contributed by atoms with Crippen molar-refractivity contribution in [1.82, 2.24) is 15.5 Å². The second kappa shape index (κ2) is 7.31. The predicted molar refractivity (Wildman–Crippen MR) is 77.1 cm³/mol. The van der Waals surface area contributed by atoms with Gasteiger partial charge in [-0.2, -0.15) is 4.98 Å². The summed E-state index contributed by atoms with van der Waals surface area (Å²) in [6, 6.07) is 10.7. The number of hydrogen-bond donors (Lipinski definition) is 1. The van der Waals surface area contributed by atoms with Crippen molar-refractivity contribution in [2.45, 2.75) is 36.5 Å². The molecule has 19 heavy (non-hydrogen) atoms. The van der Waals surface area contributed by atoms with E-state index in [0.29, 0.717) is 6.04 Å². The molecule has 1 heterocycles. The van der Waals surface area contributed by atoms with Gasteiger partial charge in [-0.1, -0.05) is 23.4 Å². The van der Waals surface area contributed by atoms with E-state index in [0.717, 1.165) is 30.3 Å². The second-order valence-electron chi connectivity index (χ2n) is 4.43. The van der Waals surface area contributed by atoms with Crippen LogP contribution in [0.4, 0.5) is 0 Å². The van der Waals surface area contributed by atoms with Crippen molar-refractivity contribution in [3.63, 3.8) is 0 Å². The lowest BCUT2D eigenvalue weighted by molar-refractivity contribution is 0.365. The molecule has 1 N–H and O–H groups in total. The highest BCUT2D eigenvalue weighted by Crippen LogP contribution is 2.20. The number of nitrogens with zero attached hydrogens (tertiary/aromatic N) is 2. The van der Waals surface area contributed by atoms with Crippen LogP contribution in [0.5, 0.6) is 0 Å². The standard InChI is InChI=1S/C14H19N3OS/c1-11(15-2)8-9-14-16-13(17-18-14)10-19-12-6-4-3-5-7-12/h3-7,11,15H,8-10H2,1-2H3. The van der Waals surface area contributed by atoms with Crippen LogP contribution in [0, 0.1) is 0 Å². The Morgan fingerprint density at radius 2 is 2.11 bits per heavy atom. The van der Waals surface area contributed by atoms with E-state index in [2.05, 4.69) is 34.5 Å². The van der Waals surface area contributed by atoms with Gasteiger partial charge in [-0.3, -0.25) is 0 Å². The zero-order valence-corrected chi connectivity index (χ0v) is 12.1. The maximum absolute atomic E-state index is 5.25. The largest absolute Gasteiger partial charge is 0.339 e. The van der Waals surface area contributed by atoms with Crippen molar-refractivity contribution < 1.29 is 4.52 Å². The highest BCUT2D eigenvalue weighted by atomic mass is 32.2. The summed E-state index contributed by atoms with van der Waals surface area (Å²) in [5, 5.41) is 7.20. The van der Waals surface area contributed by atoms with Crippen LogP contribution in [0.1, 0.15) is 25.1 Å². The third-order valence-corrected chi connectivity index (χ3v) is 3.91. The average molecular weight is 277 g/mol. The Labute approximate surface area is 118 Å². The number of rotatable bonds is 7. The minimum atomic E-state index is 0.467. The molecule has 1 aromatic carbocycles. The van der Waals surface area contributed by atoms with Crippen LogP contribution in [0.2, 0.25) is 0 Å². The molecule has 1 atom stereocenters. The molecule has 0 aliphatic rings. The van der Waals surface area contributed by atoms with Gasteiger partial charge in [-0.05, 0) is 32.5 Å². The van der Waals surface area contributed by atoms with Crippen LogP contribution in [-0.2, 0) is 12.2 Å². The van der Waals surface area contributed by atoms with Crippen LogP contribution in [0.15, 0.2) is 39.8 Å². The van der Waals surface area contributed by atoms with Crippen LogP contribution in [0.25, 0.3) is 0 Å². The Morgan fingerprint density at radius 1 is 1.32 bits per heavy atom. The van der Waals surface area contributed by atoms with E-state index in [-0.39, 0.29) is 0 Å². The van der Waals surface area contributed by atoms with E-state index in [9.17, 15) is 0 Å². The number of nitrogens with one attached hydrogen (secondary N) is 1. The van der Waals surface area contributed by atoms with Crippen LogP contribution in [0.3, 0.4) is 0 Å². The van der Waals surface area contributed by atoms with Crippen molar-refractivity contribution >= 4 is 11.8 Å². The zero-order chi connectivity index (χ0) is 13.5. The van der Waals surface area contributed by atoms with Gasteiger partial charge in [0.1, 0.15) is 0 Å². The normalized spacial score (nSPS) is 12.5. The van der Waals surface area contributed by atoms with Crippen LogP contribution in [-0.4, -0.2) is 23.2 Å². The summed E-state index contributed by atoms with van der Waals surface area (Å²) in [7, 11) is 1.96. The molecule has 0 bridgehead atoms. The number of aryl methyl sites for hydroxylation is 1. The molecule has 0 fully saturated rings. The quantitative estimate of drug-likeness (QED) is 0.789. The Balaban J connectivity index is 1.81. The molecule has 1 aromatic heterocycles. The van der Waals surface area contributed by atoms with Crippen molar-refractivity contribution in [1.29, 1.82) is 0 Å². The third kappa shape index (κ3) is 4.69. The summed E-state index contributed by atoms with van der Waals surface area (Å²) in [4.78, 5) is 5.63. The molecule has 2 aromatic rings. The maximum atomic E-state index is 5.25. The fraction of sp³-hybridized carbons (Fsp3) is 0.429. The maximum Gasteiger partial charge on any atom is 0.226 e. The molecule has 0 amide bonds. The highest BCUT2D eigenvalue weighted by molar-refractivity contribution is 7.98. The van der Waals surface area contributed by atoms with Gasteiger partial charge in [0.05, 0.1) is 5.75 Å². The molecule has 1 unspecified atom stereocenters. The van der Waals surface area contributed by atoms with Crippen molar-refractivity contribution in [3.05, 3.63) is 42.0 Å². The smallest absolute Gasteiger partial charge is 0.226 e. The molecular weight excluding hydrogens is 258 g/mol. The van der Waals surface area contributed by atoms with E-state index in [1.165, 1.54) is 4.90 Å². The highest BCUT2D eigenvalue weighted by Gasteiger charge is 2.08. The van der Waals surface area contributed by atoms with E-state index >= 15 is 0 Å². The van der Waals surface area contributed by atoms with Crippen LogP contribution >= 0.6 is 11.8 Å². The third-order valence-electron chi connectivity index (χ3n) is 2.91. The van der Waals surface area contributed by atoms with Gasteiger partial charge in [0, 0.05) is 17.4 Å². The average Bonchev–Trinajstić information content (AvgIpc) is 2.91. The second-order valence-corrected chi connectivity index (χ2v) is 5.48. The summed E-state index contributed by atoms with van der Waals surface area (Å²) in [5.41, 5.74) is 0. The molecule has 5 heteroatoms.